The molecule has 0 saturated heterocycles. The van der Waals surface area contributed by atoms with Gasteiger partial charge in [0.25, 0.3) is 0 Å². The Morgan fingerprint density at radius 2 is 1.88 bits per heavy atom. The van der Waals surface area contributed by atoms with Crippen LogP contribution >= 0.6 is 11.3 Å². The molecule has 26 heavy (non-hydrogen) atoms. The standard InChI is InChI=1S/C19H15F2N3OS/c1-10(2)24-16-5-3-4-14(17(16)23-19(24)25)15-9-26-18(22-15)11-6-12(20)8-13(21)7-11/h3-10H,1-2H3,(H,23,25). The number of para-hydroxylation sites is 1. The van der Waals surface area contributed by atoms with Crippen molar-refractivity contribution in [2.24, 2.45) is 0 Å². The summed E-state index contributed by atoms with van der Waals surface area (Å²) in [6.45, 7) is 3.89. The van der Waals surface area contributed by atoms with E-state index in [9.17, 15) is 13.6 Å². The van der Waals surface area contributed by atoms with Gasteiger partial charge < -0.3 is 4.98 Å². The SMILES string of the molecule is CC(C)n1c(=O)[nH]c2c(-c3csc(-c4cc(F)cc(F)c4)n3)cccc21. The molecule has 0 atom stereocenters. The molecule has 0 saturated carbocycles. The van der Waals surface area contributed by atoms with Crippen LogP contribution in [-0.4, -0.2) is 14.5 Å². The van der Waals surface area contributed by atoms with Crippen LogP contribution in [0.15, 0.2) is 46.6 Å². The van der Waals surface area contributed by atoms with Crippen LogP contribution in [0.25, 0.3) is 32.9 Å². The summed E-state index contributed by atoms with van der Waals surface area (Å²) < 4.78 is 28.6. The minimum atomic E-state index is -0.641. The van der Waals surface area contributed by atoms with Gasteiger partial charge in [0.15, 0.2) is 0 Å². The van der Waals surface area contributed by atoms with E-state index in [2.05, 4.69) is 9.97 Å². The number of nitrogens with one attached hydrogen (secondary N) is 1. The average Bonchev–Trinajstić information content (AvgIpc) is 3.17. The topological polar surface area (TPSA) is 50.7 Å². The molecular formula is C19H15F2N3OS. The molecule has 2 heterocycles. The lowest BCUT2D eigenvalue weighted by Gasteiger charge is -2.07. The summed E-state index contributed by atoms with van der Waals surface area (Å²) in [7, 11) is 0. The zero-order valence-corrected chi connectivity index (χ0v) is 14.9. The van der Waals surface area contributed by atoms with Gasteiger partial charge in [-0.25, -0.2) is 18.6 Å². The number of nitrogens with zero attached hydrogens (tertiary/aromatic N) is 2. The van der Waals surface area contributed by atoms with E-state index in [0.717, 1.165) is 17.1 Å². The fourth-order valence-corrected chi connectivity index (χ4v) is 3.89. The third-order valence-electron chi connectivity index (χ3n) is 4.16. The smallest absolute Gasteiger partial charge is 0.305 e. The van der Waals surface area contributed by atoms with Crippen molar-refractivity contribution in [3.05, 3.63) is 63.9 Å². The van der Waals surface area contributed by atoms with Gasteiger partial charge in [-0.15, -0.1) is 11.3 Å². The third kappa shape index (κ3) is 2.74. The van der Waals surface area contributed by atoms with E-state index in [4.69, 9.17) is 0 Å². The molecule has 0 radical (unpaired) electrons. The molecule has 4 aromatic rings. The molecule has 2 aromatic carbocycles. The van der Waals surface area contributed by atoms with Gasteiger partial charge in [0.1, 0.15) is 16.6 Å². The van der Waals surface area contributed by atoms with Crippen LogP contribution in [0.3, 0.4) is 0 Å². The second-order valence-electron chi connectivity index (χ2n) is 6.29. The monoisotopic (exact) mass is 371 g/mol. The zero-order chi connectivity index (χ0) is 18.4. The van der Waals surface area contributed by atoms with Crippen LogP contribution in [0.5, 0.6) is 0 Å². The number of aromatic amines is 1. The van der Waals surface area contributed by atoms with Crippen LogP contribution in [0.4, 0.5) is 8.78 Å². The summed E-state index contributed by atoms with van der Waals surface area (Å²) in [6, 6.07) is 8.97. The maximum absolute atomic E-state index is 13.5. The van der Waals surface area contributed by atoms with Crippen molar-refractivity contribution in [3.63, 3.8) is 0 Å². The highest BCUT2D eigenvalue weighted by Gasteiger charge is 2.16. The fourth-order valence-electron chi connectivity index (χ4n) is 3.08. The maximum atomic E-state index is 13.5. The molecule has 0 spiro atoms. The molecule has 0 bridgehead atoms. The number of hydrogen-bond acceptors (Lipinski definition) is 3. The van der Waals surface area contributed by atoms with Crippen molar-refractivity contribution in [1.29, 1.82) is 0 Å². The molecule has 4 rings (SSSR count). The molecular weight excluding hydrogens is 356 g/mol. The molecule has 0 aliphatic rings. The van der Waals surface area contributed by atoms with E-state index in [0.29, 0.717) is 21.8 Å². The predicted octanol–water partition coefficient (Wildman–Crippen LogP) is 4.98. The number of imidazole rings is 1. The zero-order valence-electron chi connectivity index (χ0n) is 14.1. The normalized spacial score (nSPS) is 11.6. The second-order valence-corrected chi connectivity index (χ2v) is 7.15. The third-order valence-corrected chi connectivity index (χ3v) is 5.05. The number of rotatable bonds is 3. The Bertz CT molecular complexity index is 1150. The molecule has 4 nitrogen and oxygen atoms in total. The Morgan fingerprint density at radius 3 is 2.58 bits per heavy atom. The second kappa shape index (κ2) is 6.17. The van der Waals surface area contributed by atoms with Crippen LogP contribution < -0.4 is 5.69 Å². The highest BCUT2D eigenvalue weighted by molar-refractivity contribution is 7.13. The first-order valence-electron chi connectivity index (χ1n) is 8.09. The minimum absolute atomic E-state index is 0.0211. The Labute approximate surface area is 151 Å². The van der Waals surface area contributed by atoms with Gasteiger partial charge in [0.05, 0.1) is 16.7 Å². The number of H-pyrrole nitrogens is 1. The summed E-state index contributed by atoms with van der Waals surface area (Å²) >= 11 is 1.30. The number of benzene rings is 2. The van der Waals surface area contributed by atoms with E-state index >= 15 is 0 Å². The lowest BCUT2D eigenvalue weighted by Crippen LogP contribution is -2.18. The van der Waals surface area contributed by atoms with E-state index in [1.165, 1.54) is 23.5 Å². The minimum Gasteiger partial charge on any atom is -0.305 e. The molecule has 0 aliphatic heterocycles. The maximum Gasteiger partial charge on any atom is 0.326 e. The van der Waals surface area contributed by atoms with Crippen molar-refractivity contribution < 1.29 is 8.78 Å². The highest BCUT2D eigenvalue weighted by atomic mass is 32.1. The van der Waals surface area contributed by atoms with E-state index in [-0.39, 0.29) is 11.7 Å². The van der Waals surface area contributed by atoms with E-state index in [1.807, 2.05) is 37.4 Å². The van der Waals surface area contributed by atoms with Gasteiger partial charge in [-0.1, -0.05) is 12.1 Å². The van der Waals surface area contributed by atoms with Crippen molar-refractivity contribution in [2.45, 2.75) is 19.9 Å². The molecule has 0 unspecified atom stereocenters. The van der Waals surface area contributed by atoms with Crippen molar-refractivity contribution in [1.82, 2.24) is 14.5 Å². The molecule has 2 aromatic heterocycles. The number of hydrogen-bond donors (Lipinski definition) is 1. The summed E-state index contributed by atoms with van der Waals surface area (Å²) in [5.74, 6) is -1.28. The van der Waals surface area contributed by atoms with Gasteiger partial charge >= 0.3 is 5.69 Å². The quantitative estimate of drug-likeness (QED) is 0.552. The van der Waals surface area contributed by atoms with Gasteiger partial charge in [-0.05, 0) is 32.0 Å². The lowest BCUT2D eigenvalue weighted by atomic mass is 10.1. The predicted molar refractivity (Wildman–Crippen MR) is 99.4 cm³/mol. The first kappa shape index (κ1) is 16.7. The summed E-state index contributed by atoms with van der Waals surface area (Å²) in [5, 5.41) is 2.33. The molecule has 7 heteroatoms. The molecule has 0 amide bonds. The number of aromatic nitrogens is 3. The Hall–Kier alpha value is -2.80. The molecule has 0 fully saturated rings. The van der Waals surface area contributed by atoms with Crippen LogP contribution in [0.2, 0.25) is 0 Å². The first-order chi connectivity index (χ1) is 12.4. The van der Waals surface area contributed by atoms with Gasteiger partial charge in [0.2, 0.25) is 0 Å². The summed E-state index contributed by atoms with van der Waals surface area (Å²) in [6.07, 6.45) is 0. The number of thiazole rings is 1. The van der Waals surface area contributed by atoms with Gasteiger partial charge in [0, 0.05) is 28.6 Å². The van der Waals surface area contributed by atoms with Gasteiger partial charge in [-0.3, -0.25) is 4.57 Å². The van der Waals surface area contributed by atoms with Crippen LogP contribution in [0, 0.1) is 11.6 Å². The van der Waals surface area contributed by atoms with Crippen molar-refractivity contribution in [3.8, 4) is 21.8 Å². The average molecular weight is 371 g/mol. The lowest BCUT2D eigenvalue weighted by molar-refractivity contribution is 0.584. The summed E-state index contributed by atoms with van der Waals surface area (Å²) in [4.78, 5) is 19.7. The molecule has 132 valence electrons. The number of fused-ring (bicyclic) bond motifs is 1. The van der Waals surface area contributed by atoms with Gasteiger partial charge in [-0.2, -0.15) is 0 Å². The Morgan fingerprint density at radius 1 is 1.15 bits per heavy atom. The molecule has 0 aliphatic carbocycles. The summed E-state index contributed by atoms with van der Waals surface area (Å²) in [5.41, 5.74) is 3.14. The highest BCUT2D eigenvalue weighted by Crippen LogP contribution is 2.32. The van der Waals surface area contributed by atoms with E-state index in [1.54, 1.807) is 4.57 Å². The fraction of sp³-hybridized carbons (Fsp3) is 0.158. The van der Waals surface area contributed by atoms with E-state index < -0.39 is 11.6 Å². The Kier molecular flexibility index (Phi) is 3.96. The Balaban J connectivity index is 1.86. The van der Waals surface area contributed by atoms with Crippen molar-refractivity contribution >= 4 is 22.4 Å². The molecule has 1 N–H and O–H groups in total. The van der Waals surface area contributed by atoms with Crippen LogP contribution in [-0.2, 0) is 0 Å². The largest absolute Gasteiger partial charge is 0.326 e. The first-order valence-corrected chi connectivity index (χ1v) is 8.97. The van der Waals surface area contributed by atoms with Crippen molar-refractivity contribution in [2.75, 3.05) is 0 Å². The van der Waals surface area contributed by atoms with Crippen LogP contribution in [0.1, 0.15) is 19.9 Å². The number of halogens is 2.